The zero-order valence-corrected chi connectivity index (χ0v) is 22.6. The number of benzene rings is 3. The van der Waals surface area contributed by atoms with Crippen LogP contribution in [0.15, 0.2) is 71.6 Å². The van der Waals surface area contributed by atoms with Crippen molar-refractivity contribution >= 4 is 39.1 Å². The fourth-order valence-electron chi connectivity index (χ4n) is 3.70. The molecule has 0 saturated carbocycles. The first-order valence-corrected chi connectivity index (χ1v) is 13.4. The predicted molar refractivity (Wildman–Crippen MR) is 142 cm³/mol. The molecule has 0 bridgehead atoms. The van der Waals surface area contributed by atoms with Gasteiger partial charge in [-0.1, -0.05) is 53.6 Å². The highest BCUT2D eigenvalue weighted by molar-refractivity contribution is 7.92. The number of nitrogens with zero attached hydrogens (tertiary/aromatic N) is 2. The number of rotatable bonds is 9. The van der Waals surface area contributed by atoms with Gasteiger partial charge >= 0.3 is 0 Å². The van der Waals surface area contributed by atoms with Crippen molar-refractivity contribution in [3.63, 3.8) is 0 Å². The third-order valence-corrected chi connectivity index (χ3v) is 8.24. The van der Waals surface area contributed by atoms with E-state index in [9.17, 15) is 22.4 Å². The van der Waals surface area contributed by atoms with Crippen LogP contribution in [0.3, 0.4) is 0 Å². The van der Waals surface area contributed by atoms with Gasteiger partial charge < -0.3 is 10.2 Å². The van der Waals surface area contributed by atoms with Gasteiger partial charge in [0.1, 0.15) is 18.4 Å². The number of hydrogen-bond acceptors (Lipinski definition) is 4. The third kappa shape index (κ3) is 6.47. The lowest BCUT2D eigenvalue weighted by Crippen LogP contribution is -2.50. The van der Waals surface area contributed by atoms with Crippen LogP contribution >= 0.6 is 11.6 Å². The summed E-state index contributed by atoms with van der Waals surface area (Å²) in [6.45, 7) is 4.24. The van der Waals surface area contributed by atoms with Gasteiger partial charge in [-0.05, 0) is 56.7 Å². The summed E-state index contributed by atoms with van der Waals surface area (Å²) in [5.74, 6) is -1.71. The van der Waals surface area contributed by atoms with Crippen molar-refractivity contribution < 1.29 is 22.4 Å². The summed E-state index contributed by atoms with van der Waals surface area (Å²) in [7, 11) is -2.79. The maximum absolute atomic E-state index is 14.5. The van der Waals surface area contributed by atoms with Crippen LogP contribution in [0.4, 0.5) is 10.1 Å². The molecule has 0 aromatic heterocycles. The Morgan fingerprint density at radius 1 is 1.03 bits per heavy atom. The Morgan fingerprint density at radius 2 is 1.68 bits per heavy atom. The van der Waals surface area contributed by atoms with E-state index >= 15 is 0 Å². The second-order valence-electron chi connectivity index (χ2n) is 8.66. The Labute approximate surface area is 221 Å². The van der Waals surface area contributed by atoms with Crippen LogP contribution in [0.5, 0.6) is 0 Å². The smallest absolute Gasteiger partial charge is 0.264 e. The summed E-state index contributed by atoms with van der Waals surface area (Å²) in [4.78, 5) is 27.3. The molecule has 10 heteroatoms. The van der Waals surface area contributed by atoms with Crippen molar-refractivity contribution in [2.75, 3.05) is 17.9 Å². The Balaban J connectivity index is 2.07. The molecule has 1 N–H and O–H groups in total. The highest BCUT2D eigenvalue weighted by atomic mass is 35.5. The van der Waals surface area contributed by atoms with E-state index < -0.39 is 40.2 Å². The molecule has 37 heavy (non-hydrogen) atoms. The largest absolute Gasteiger partial charge is 0.357 e. The second-order valence-corrected chi connectivity index (χ2v) is 10.9. The van der Waals surface area contributed by atoms with Gasteiger partial charge in [-0.25, -0.2) is 12.8 Å². The summed E-state index contributed by atoms with van der Waals surface area (Å²) in [5.41, 5.74) is 1.98. The van der Waals surface area contributed by atoms with Crippen molar-refractivity contribution in [1.82, 2.24) is 10.2 Å². The summed E-state index contributed by atoms with van der Waals surface area (Å²) in [6, 6.07) is 15.8. The van der Waals surface area contributed by atoms with E-state index in [1.807, 2.05) is 6.92 Å². The average molecular weight is 546 g/mol. The fraction of sp³-hybridized carbons (Fsp3) is 0.259. The fourth-order valence-corrected chi connectivity index (χ4v) is 5.29. The summed E-state index contributed by atoms with van der Waals surface area (Å²) >= 11 is 6.30. The highest BCUT2D eigenvalue weighted by Crippen LogP contribution is 2.29. The molecule has 0 aliphatic carbocycles. The lowest BCUT2D eigenvalue weighted by Gasteiger charge is -2.32. The van der Waals surface area contributed by atoms with Crippen LogP contribution in [0.25, 0.3) is 0 Å². The Bertz CT molecular complexity index is 1400. The van der Waals surface area contributed by atoms with Crippen LogP contribution in [0.1, 0.15) is 23.6 Å². The van der Waals surface area contributed by atoms with E-state index in [0.29, 0.717) is 5.02 Å². The highest BCUT2D eigenvalue weighted by Gasteiger charge is 2.32. The van der Waals surface area contributed by atoms with Gasteiger partial charge in [0, 0.05) is 24.2 Å². The molecule has 0 heterocycles. The molecular weight excluding hydrogens is 517 g/mol. The number of nitrogens with one attached hydrogen (secondary N) is 1. The minimum atomic E-state index is -4.21. The van der Waals surface area contributed by atoms with E-state index in [-0.39, 0.29) is 22.7 Å². The molecule has 7 nitrogen and oxygen atoms in total. The average Bonchev–Trinajstić information content (AvgIpc) is 2.87. The van der Waals surface area contributed by atoms with Crippen molar-refractivity contribution in [2.24, 2.45) is 0 Å². The quantitative estimate of drug-likeness (QED) is 0.430. The van der Waals surface area contributed by atoms with Gasteiger partial charge in [-0.15, -0.1) is 0 Å². The monoisotopic (exact) mass is 545 g/mol. The molecule has 0 fully saturated rings. The number of aryl methyl sites for hydroxylation is 2. The van der Waals surface area contributed by atoms with Gasteiger partial charge in [0.2, 0.25) is 11.8 Å². The number of hydrogen-bond donors (Lipinski definition) is 1. The van der Waals surface area contributed by atoms with E-state index in [1.165, 1.54) is 50.4 Å². The normalized spacial score (nSPS) is 12.1. The molecule has 2 amide bonds. The van der Waals surface area contributed by atoms with E-state index in [1.54, 1.807) is 37.3 Å². The predicted octanol–water partition coefficient (Wildman–Crippen LogP) is 4.45. The van der Waals surface area contributed by atoms with Crippen LogP contribution in [0.2, 0.25) is 5.02 Å². The molecule has 196 valence electrons. The second kappa shape index (κ2) is 11.7. The van der Waals surface area contributed by atoms with Crippen LogP contribution < -0.4 is 9.62 Å². The summed E-state index contributed by atoms with van der Waals surface area (Å²) in [5, 5.41) is 2.81. The number of sulfonamides is 1. The first-order chi connectivity index (χ1) is 17.4. The molecule has 3 rings (SSSR count). The molecule has 1 atom stereocenters. The standard InChI is InChI=1S/C27H29ClFN3O4S/c1-18-9-13-23(14-10-18)37(35,36)32(22-12-11-19(2)24(28)15-22)17-26(33)31(20(3)27(34)30-4)16-21-7-5-6-8-25(21)29/h5-15,20H,16-17H2,1-4H3,(H,30,34)/t20-/m0/s1. The van der Waals surface area contributed by atoms with E-state index in [2.05, 4.69) is 5.32 Å². The maximum atomic E-state index is 14.5. The molecule has 0 saturated heterocycles. The molecule has 0 spiro atoms. The number of carbonyl (C=O) groups excluding carboxylic acids is 2. The SMILES string of the molecule is CNC(=O)[C@H](C)N(Cc1ccccc1F)C(=O)CN(c1ccc(C)c(Cl)c1)S(=O)(=O)c1ccc(C)cc1. The lowest BCUT2D eigenvalue weighted by atomic mass is 10.1. The maximum Gasteiger partial charge on any atom is 0.264 e. The zero-order valence-electron chi connectivity index (χ0n) is 21.0. The molecular formula is C27H29ClFN3O4S. The van der Waals surface area contributed by atoms with Gasteiger partial charge in [-0.3, -0.25) is 13.9 Å². The number of carbonyl (C=O) groups is 2. The summed E-state index contributed by atoms with van der Waals surface area (Å²) in [6.07, 6.45) is 0. The minimum absolute atomic E-state index is 0.0115. The Hall–Kier alpha value is -3.43. The van der Waals surface area contributed by atoms with Crippen LogP contribution in [0, 0.1) is 19.7 Å². The van der Waals surface area contributed by atoms with Crippen molar-refractivity contribution in [3.05, 3.63) is 94.3 Å². The molecule has 3 aromatic rings. The van der Waals surface area contributed by atoms with Crippen molar-refractivity contribution in [1.29, 1.82) is 0 Å². The van der Waals surface area contributed by atoms with Crippen LogP contribution in [-0.2, 0) is 26.2 Å². The number of amides is 2. The molecule has 0 unspecified atom stereocenters. The third-order valence-electron chi connectivity index (χ3n) is 6.04. The molecule has 0 aliphatic rings. The van der Waals surface area contributed by atoms with Crippen molar-refractivity contribution in [2.45, 2.75) is 38.3 Å². The van der Waals surface area contributed by atoms with Gasteiger partial charge in [0.15, 0.2) is 0 Å². The van der Waals surface area contributed by atoms with Crippen molar-refractivity contribution in [3.8, 4) is 0 Å². The van der Waals surface area contributed by atoms with Gasteiger partial charge in [-0.2, -0.15) is 0 Å². The number of likely N-dealkylation sites (N-methyl/N-ethyl adjacent to an activating group) is 1. The van der Waals surface area contributed by atoms with E-state index in [0.717, 1.165) is 20.3 Å². The Morgan fingerprint density at radius 3 is 2.27 bits per heavy atom. The number of halogens is 2. The molecule has 0 aliphatic heterocycles. The topological polar surface area (TPSA) is 86.8 Å². The van der Waals surface area contributed by atoms with Crippen LogP contribution in [-0.4, -0.2) is 44.8 Å². The lowest BCUT2D eigenvalue weighted by molar-refractivity contribution is -0.139. The first kappa shape index (κ1) is 28.1. The zero-order chi connectivity index (χ0) is 27.3. The summed E-state index contributed by atoms with van der Waals surface area (Å²) < 4.78 is 42.9. The Kier molecular flexibility index (Phi) is 8.94. The van der Waals surface area contributed by atoms with Gasteiger partial charge in [0.25, 0.3) is 10.0 Å². The molecule has 0 radical (unpaired) electrons. The van der Waals surface area contributed by atoms with Gasteiger partial charge in [0.05, 0.1) is 10.6 Å². The number of anilines is 1. The molecule has 3 aromatic carbocycles. The van der Waals surface area contributed by atoms with E-state index in [4.69, 9.17) is 11.6 Å². The first-order valence-electron chi connectivity index (χ1n) is 11.6. The minimum Gasteiger partial charge on any atom is -0.357 e.